The third kappa shape index (κ3) is 3.49. The molecule has 0 aromatic carbocycles. The van der Waals surface area contributed by atoms with Gasteiger partial charge in [-0.15, -0.1) is 11.3 Å². The van der Waals surface area contributed by atoms with E-state index in [2.05, 4.69) is 5.32 Å². The predicted octanol–water partition coefficient (Wildman–Crippen LogP) is 3.44. The molecule has 116 valence electrons. The minimum atomic E-state index is -0.692. The van der Waals surface area contributed by atoms with Crippen molar-refractivity contribution in [1.82, 2.24) is 5.32 Å². The zero-order valence-electron chi connectivity index (χ0n) is 12.6. The van der Waals surface area contributed by atoms with Crippen LogP contribution in [0, 0.1) is 0 Å². The number of carbonyl (C=O) groups is 1. The highest BCUT2D eigenvalue weighted by Crippen LogP contribution is 2.30. The van der Waals surface area contributed by atoms with Crippen LogP contribution in [-0.2, 0) is 12.8 Å². The third-order valence-corrected chi connectivity index (χ3v) is 6.01. The van der Waals surface area contributed by atoms with Crippen LogP contribution < -0.4 is 5.32 Å². The standard InChI is InChI=1S/C17H25NO2S/c19-16(14-11-21-15-8-4-3-7-13(14)15)18-12-17(20)9-5-1-2-6-10-17/h11,20H,1-10,12H2,(H,18,19). The minimum absolute atomic E-state index is 0.00655. The number of aryl methyl sites for hydroxylation is 1. The fraction of sp³-hybridized carbons (Fsp3) is 0.706. The van der Waals surface area contributed by atoms with Gasteiger partial charge in [-0.2, -0.15) is 0 Å². The molecule has 3 nitrogen and oxygen atoms in total. The lowest BCUT2D eigenvalue weighted by Crippen LogP contribution is -2.42. The first-order valence-electron chi connectivity index (χ1n) is 8.28. The molecule has 1 amide bonds. The van der Waals surface area contributed by atoms with E-state index in [0.29, 0.717) is 6.54 Å². The number of nitrogens with one attached hydrogen (secondary N) is 1. The van der Waals surface area contributed by atoms with Crippen molar-refractivity contribution in [2.45, 2.75) is 69.8 Å². The van der Waals surface area contributed by atoms with E-state index in [1.54, 1.807) is 11.3 Å². The van der Waals surface area contributed by atoms with Crippen LogP contribution in [0.5, 0.6) is 0 Å². The van der Waals surface area contributed by atoms with Gasteiger partial charge in [0, 0.05) is 16.8 Å². The van der Waals surface area contributed by atoms with Gasteiger partial charge in [-0.1, -0.05) is 25.7 Å². The number of hydrogen-bond acceptors (Lipinski definition) is 3. The number of aliphatic hydroxyl groups is 1. The van der Waals surface area contributed by atoms with E-state index in [1.165, 1.54) is 36.1 Å². The smallest absolute Gasteiger partial charge is 0.252 e. The summed E-state index contributed by atoms with van der Waals surface area (Å²) in [6, 6.07) is 0. The Labute approximate surface area is 130 Å². The van der Waals surface area contributed by atoms with Crippen molar-refractivity contribution in [2.75, 3.05) is 6.54 Å². The summed E-state index contributed by atoms with van der Waals surface area (Å²) in [4.78, 5) is 13.8. The Morgan fingerprint density at radius 2 is 1.86 bits per heavy atom. The molecule has 2 aliphatic carbocycles. The maximum atomic E-state index is 12.4. The summed E-state index contributed by atoms with van der Waals surface area (Å²) in [5.74, 6) is 0.00655. The second-order valence-electron chi connectivity index (χ2n) is 6.58. The third-order valence-electron chi connectivity index (χ3n) is 4.92. The van der Waals surface area contributed by atoms with Crippen molar-refractivity contribution in [1.29, 1.82) is 0 Å². The largest absolute Gasteiger partial charge is 0.388 e. The summed E-state index contributed by atoms with van der Waals surface area (Å²) < 4.78 is 0. The fourth-order valence-corrected chi connectivity index (χ4v) is 4.71. The van der Waals surface area contributed by atoms with E-state index in [9.17, 15) is 9.90 Å². The summed E-state index contributed by atoms with van der Waals surface area (Å²) in [5.41, 5.74) is 1.42. The Hall–Kier alpha value is -0.870. The van der Waals surface area contributed by atoms with Gasteiger partial charge in [-0.3, -0.25) is 4.79 Å². The maximum absolute atomic E-state index is 12.4. The van der Waals surface area contributed by atoms with Crippen molar-refractivity contribution in [3.8, 4) is 0 Å². The van der Waals surface area contributed by atoms with Gasteiger partial charge in [0.15, 0.2) is 0 Å². The number of thiophene rings is 1. The van der Waals surface area contributed by atoms with Gasteiger partial charge in [-0.05, 0) is 44.1 Å². The molecule has 0 unspecified atom stereocenters. The molecular formula is C17H25NO2S. The van der Waals surface area contributed by atoms with Crippen molar-refractivity contribution < 1.29 is 9.90 Å². The van der Waals surface area contributed by atoms with Crippen LogP contribution in [0.4, 0.5) is 0 Å². The quantitative estimate of drug-likeness (QED) is 0.840. The maximum Gasteiger partial charge on any atom is 0.252 e. The van der Waals surface area contributed by atoms with Gasteiger partial charge in [0.25, 0.3) is 5.91 Å². The highest BCUT2D eigenvalue weighted by Gasteiger charge is 2.29. The molecule has 1 heterocycles. The molecule has 1 saturated carbocycles. The summed E-state index contributed by atoms with van der Waals surface area (Å²) >= 11 is 1.72. The highest BCUT2D eigenvalue weighted by atomic mass is 32.1. The van der Waals surface area contributed by atoms with Crippen molar-refractivity contribution in [3.05, 3.63) is 21.4 Å². The molecule has 21 heavy (non-hydrogen) atoms. The van der Waals surface area contributed by atoms with Crippen LogP contribution in [-0.4, -0.2) is 23.2 Å². The molecule has 0 radical (unpaired) electrons. The molecule has 3 rings (SSSR count). The normalized spacial score (nSPS) is 21.4. The van der Waals surface area contributed by atoms with Crippen molar-refractivity contribution >= 4 is 17.2 Å². The molecule has 0 spiro atoms. The molecule has 2 N–H and O–H groups in total. The van der Waals surface area contributed by atoms with Crippen LogP contribution in [0.15, 0.2) is 5.38 Å². The van der Waals surface area contributed by atoms with Crippen molar-refractivity contribution in [2.24, 2.45) is 0 Å². The molecule has 0 aliphatic heterocycles. The lowest BCUT2D eigenvalue weighted by Gasteiger charge is -2.27. The molecule has 0 bridgehead atoms. The average molecular weight is 307 g/mol. The molecule has 1 aromatic heterocycles. The van der Waals surface area contributed by atoms with E-state index in [4.69, 9.17) is 0 Å². The summed E-state index contributed by atoms with van der Waals surface area (Å²) in [6.45, 7) is 0.399. The van der Waals surface area contributed by atoms with E-state index in [0.717, 1.165) is 44.1 Å². The zero-order valence-corrected chi connectivity index (χ0v) is 13.4. The summed E-state index contributed by atoms with van der Waals surface area (Å²) in [5, 5.41) is 15.6. The van der Waals surface area contributed by atoms with Crippen molar-refractivity contribution in [3.63, 3.8) is 0 Å². The Balaban J connectivity index is 1.62. The van der Waals surface area contributed by atoms with Crippen LogP contribution >= 0.6 is 11.3 Å². The van der Waals surface area contributed by atoms with E-state index in [1.807, 2.05) is 5.38 Å². The zero-order chi connectivity index (χ0) is 14.7. The highest BCUT2D eigenvalue weighted by molar-refractivity contribution is 7.10. The predicted molar refractivity (Wildman–Crippen MR) is 85.9 cm³/mol. The van der Waals surface area contributed by atoms with Crippen LogP contribution in [0.25, 0.3) is 0 Å². The molecule has 4 heteroatoms. The first-order valence-corrected chi connectivity index (χ1v) is 9.16. The summed E-state index contributed by atoms with van der Waals surface area (Å²) in [7, 11) is 0. The Morgan fingerprint density at radius 1 is 1.14 bits per heavy atom. The lowest BCUT2D eigenvalue weighted by molar-refractivity contribution is 0.0246. The van der Waals surface area contributed by atoms with Crippen LogP contribution in [0.1, 0.15) is 72.2 Å². The van der Waals surface area contributed by atoms with Gasteiger partial charge in [0.1, 0.15) is 0 Å². The molecule has 0 saturated heterocycles. The van der Waals surface area contributed by atoms with E-state index >= 15 is 0 Å². The first-order chi connectivity index (χ1) is 10.2. The SMILES string of the molecule is O=C(NCC1(O)CCCCCC1)c1csc2c1CCCC2. The minimum Gasteiger partial charge on any atom is -0.388 e. The van der Waals surface area contributed by atoms with Gasteiger partial charge in [0.05, 0.1) is 11.2 Å². The molecular weight excluding hydrogens is 282 g/mol. The average Bonchev–Trinajstić information content (AvgIpc) is 2.81. The number of rotatable bonds is 3. The second-order valence-corrected chi connectivity index (χ2v) is 7.54. The first kappa shape index (κ1) is 15.0. The number of hydrogen-bond donors (Lipinski definition) is 2. The number of fused-ring (bicyclic) bond motifs is 1. The Morgan fingerprint density at radius 3 is 2.62 bits per heavy atom. The van der Waals surface area contributed by atoms with E-state index < -0.39 is 5.60 Å². The van der Waals surface area contributed by atoms with Gasteiger partial charge < -0.3 is 10.4 Å². The van der Waals surface area contributed by atoms with Gasteiger partial charge in [-0.25, -0.2) is 0 Å². The molecule has 2 aliphatic rings. The van der Waals surface area contributed by atoms with Gasteiger partial charge in [0.2, 0.25) is 0 Å². The van der Waals surface area contributed by atoms with E-state index in [-0.39, 0.29) is 5.91 Å². The second kappa shape index (κ2) is 6.49. The molecule has 1 fully saturated rings. The number of amides is 1. The van der Waals surface area contributed by atoms with Gasteiger partial charge >= 0.3 is 0 Å². The number of carbonyl (C=O) groups excluding carboxylic acids is 1. The molecule has 0 atom stereocenters. The monoisotopic (exact) mass is 307 g/mol. The Kier molecular flexibility index (Phi) is 4.65. The fourth-order valence-electron chi connectivity index (χ4n) is 3.59. The van der Waals surface area contributed by atoms with Crippen LogP contribution in [0.3, 0.4) is 0 Å². The van der Waals surface area contributed by atoms with Crippen LogP contribution in [0.2, 0.25) is 0 Å². The topological polar surface area (TPSA) is 49.3 Å². The Bertz CT molecular complexity index is 501. The molecule has 1 aromatic rings. The summed E-state index contributed by atoms with van der Waals surface area (Å²) in [6.07, 6.45) is 10.8. The lowest BCUT2D eigenvalue weighted by atomic mass is 9.93.